The number of benzene rings is 2. The first kappa shape index (κ1) is 20.4. The molecule has 0 aliphatic heterocycles. The molecule has 0 radical (unpaired) electrons. The number of halogens is 1. The SMILES string of the molecule is CC(C)(C)c1cc(Cl)c2[nH]ncc2c1.Cc1cc(C(C)(C)C)cc2cn[nH]c12. The van der Waals surface area contributed by atoms with Crippen molar-refractivity contribution in [3.8, 4) is 0 Å². The maximum Gasteiger partial charge on any atom is 0.0836 e. The van der Waals surface area contributed by atoms with Crippen LogP contribution in [0.15, 0.2) is 36.7 Å². The molecule has 0 aliphatic rings. The maximum absolute atomic E-state index is 6.14. The molecule has 2 aromatic heterocycles. The Balaban J connectivity index is 0.000000161. The summed E-state index contributed by atoms with van der Waals surface area (Å²) in [5.74, 6) is 0. The molecule has 0 saturated carbocycles. The quantitative estimate of drug-likeness (QED) is 0.348. The van der Waals surface area contributed by atoms with Crippen LogP contribution in [0.1, 0.15) is 58.2 Å². The molecule has 0 bridgehead atoms. The lowest BCUT2D eigenvalue weighted by Crippen LogP contribution is -2.11. The van der Waals surface area contributed by atoms with Crippen LogP contribution in [0.3, 0.4) is 0 Å². The van der Waals surface area contributed by atoms with E-state index >= 15 is 0 Å². The second kappa shape index (κ2) is 7.25. The molecule has 4 nitrogen and oxygen atoms in total. The molecule has 0 saturated heterocycles. The first-order chi connectivity index (χ1) is 13.0. The monoisotopic (exact) mass is 396 g/mol. The van der Waals surface area contributed by atoms with Crippen molar-refractivity contribution in [3.05, 3.63) is 58.4 Å². The van der Waals surface area contributed by atoms with E-state index in [9.17, 15) is 0 Å². The van der Waals surface area contributed by atoms with Gasteiger partial charge in [0.1, 0.15) is 0 Å². The van der Waals surface area contributed by atoms with Gasteiger partial charge in [-0.05, 0) is 52.6 Å². The van der Waals surface area contributed by atoms with E-state index < -0.39 is 0 Å². The Kier molecular flexibility index (Phi) is 5.28. The van der Waals surface area contributed by atoms with Crippen LogP contribution < -0.4 is 0 Å². The van der Waals surface area contributed by atoms with Crippen LogP contribution in [-0.2, 0) is 10.8 Å². The van der Waals surface area contributed by atoms with Gasteiger partial charge in [-0.25, -0.2) is 0 Å². The van der Waals surface area contributed by atoms with Gasteiger partial charge in [-0.3, -0.25) is 10.2 Å². The van der Waals surface area contributed by atoms with Crippen LogP contribution in [0.4, 0.5) is 0 Å². The molecule has 0 atom stereocenters. The number of nitrogens with one attached hydrogen (secondary N) is 2. The van der Waals surface area contributed by atoms with Gasteiger partial charge in [-0.15, -0.1) is 0 Å². The van der Waals surface area contributed by atoms with Crippen LogP contribution in [-0.4, -0.2) is 20.4 Å². The van der Waals surface area contributed by atoms with Gasteiger partial charge in [0, 0.05) is 10.8 Å². The number of hydrogen-bond acceptors (Lipinski definition) is 2. The van der Waals surface area contributed by atoms with Crippen molar-refractivity contribution in [2.45, 2.75) is 59.3 Å². The zero-order valence-electron chi connectivity index (χ0n) is 17.7. The minimum atomic E-state index is 0.120. The van der Waals surface area contributed by atoms with Crippen LogP contribution in [0, 0.1) is 6.92 Å². The molecule has 0 amide bonds. The minimum absolute atomic E-state index is 0.120. The van der Waals surface area contributed by atoms with Crippen molar-refractivity contribution < 1.29 is 0 Å². The predicted molar refractivity (Wildman–Crippen MR) is 119 cm³/mol. The summed E-state index contributed by atoms with van der Waals surface area (Å²) in [5, 5.41) is 17.0. The zero-order chi connectivity index (χ0) is 20.7. The van der Waals surface area contributed by atoms with Gasteiger partial charge in [0.05, 0.1) is 28.4 Å². The average Bonchev–Trinajstić information content (AvgIpc) is 3.22. The standard InChI is InChI=1S/C12H16N2.C11H13ClN2/c1-8-5-10(12(2,3)4)6-9-7-13-14-11(8)9;1-11(2,3)8-4-7-6-13-14-10(7)9(12)5-8/h5-7H,1-4H3,(H,13,14);4-6H,1-3H3,(H,13,14). The summed E-state index contributed by atoms with van der Waals surface area (Å²) < 4.78 is 0. The lowest BCUT2D eigenvalue weighted by Gasteiger charge is -2.19. The van der Waals surface area contributed by atoms with Crippen LogP contribution >= 0.6 is 11.6 Å². The number of aryl methyl sites for hydroxylation is 1. The summed E-state index contributed by atoms with van der Waals surface area (Å²) in [6.07, 6.45) is 3.69. The summed E-state index contributed by atoms with van der Waals surface area (Å²) in [4.78, 5) is 0. The molecule has 4 rings (SSSR count). The third kappa shape index (κ3) is 4.22. The number of nitrogens with zero attached hydrogens (tertiary/aromatic N) is 2. The Morgan fingerprint density at radius 3 is 1.71 bits per heavy atom. The second-order valence-corrected chi connectivity index (χ2v) is 9.83. The Morgan fingerprint density at radius 1 is 0.714 bits per heavy atom. The number of rotatable bonds is 0. The fourth-order valence-electron chi connectivity index (χ4n) is 3.12. The second-order valence-electron chi connectivity index (χ2n) is 9.42. The molecular weight excluding hydrogens is 368 g/mol. The van der Waals surface area contributed by atoms with Gasteiger partial charge < -0.3 is 0 Å². The number of H-pyrrole nitrogens is 2. The van der Waals surface area contributed by atoms with Gasteiger partial charge in [-0.2, -0.15) is 10.2 Å². The van der Waals surface area contributed by atoms with E-state index in [-0.39, 0.29) is 10.8 Å². The fourth-order valence-corrected chi connectivity index (χ4v) is 3.38. The Morgan fingerprint density at radius 2 is 1.18 bits per heavy atom. The summed E-state index contributed by atoms with van der Waals surface area (Å²) in [6.45, 7) is 15.3. The Bertz CT molecular complexity index is 1020. The molecule has 4 aromatic rings. The van der Waals surface area contributed by atoms with E-state index in [1.54, 1.807) is 6.20 Å². The maximum atomic E-state index is 6.14. The number of fused-ring (bicyclic) bond motifs is 2. The number of aromatic amines is 2. The number of aromatic nitrogens is 4. The van der Waals surface area contributed by atoms with Crippen molar-refractivity contribution in [2.75, 3.05) is 0 Å². The van der Waals surface area contributed by atoms with Crippen molar-refractivity contribution in [1.29, 1.82) is 0 Å². The fraction of sp³-hybridized carbons (Fsp3) is 0.391. The molecule has 0 unspecified atom stereocenters. The van der Waals surface area contributed by atoms with Crippen molar-refractivity contribution in [3.63, 3.8) is 0 Å². The average molecular weight is 397 g/mol. The first-order valence-corrected chi connectivity index (χ1v) is 9.92. The van der Waals surface area contributed by atoms with E-state index in [0.29, 0.717) is 0 Å². The topological polar surface area (TPSA) is 57.4 Å². The Labute approximate surface area is 171 Å². The van der Waals surface area contributed by atoms with Crippen molar-refractivity contribution in [2.24, 2.45) is 0 Å². The normalized spacial score (nSPS) is 12.3. The molecule has 0 aliphatic carbocycles. The van der Waals surface area contributed by atoms with E-state index in [1.807, 2.05) is 12.3 Å². The molecule has 2 heterocycles. The van der Waals surface area contributed by atoms with Crippen LogP contribution in [0.2, 0.25) is 5.02 Å². The smallest absolute Gasteiger partial charge is 0.0836 e. The Hall–Kier alpha value is -2.33. The van der Waals surface area contributed by atoms with Crippen molar-refractivity contribution >= 4 is 33.4 Å². The zero-order valence-corrected chi connectivity index (χ0v) is 18.5. The van der Waals surface area contributed by atoms with Gasteiger partial charge >= 0.3 is 0 Å². The predicted octanol–water partition coefficient (Wildman–Crippen LogP) is 6.68. The molecule has 148 valence electrons. The van der Waals surface area contributed by atoms with Gasteiger partial charge in [0.25, 0.3) is 0 Å². The van der Waals surface area contributed by atoms with Crippen LogP contribution in [0.5, 0.6) is 0 Å². The highest BCUT2D eigenvalue weighted by molar-refractivity contribution is 6.35. The minimum Gasteiger partial charge on any atom is -0.278 e. The molecular formula is C23H29ClN4. The van der Waals surface area contributed by atoms with Crippen LogP contribution in [0.25, 0.3) is 21.8 Å². The largest absolute Gasteiger partial charge is 0.278 e. The van der Waals surface area contributed by atoms with E-state index in [1.165, 1.54) is 22.1 Å². The van der Waals surface area contributed by atoms with Crippen molar-refractivity contribution in [1.82, 2.24) is 20.4 Å². The van der Waals surface area contributed by atoms with Gasteiger partial charge in [-0.1, -0.05) is 59.2 Å². The van der Waals surface area contributed by atoms with E-state index in [2.05, 4.69) is 87.1 Å². The lowest BCUT2D eigenvalue weighted by atomic mass is 9.85. The molecule has 2 N–H and O–H groups in total. The third-order valence-corrected chi connectivity index (χ3v) is 5.28. The molecule has 5 heteroatoms. The summed E-state index contributed by atoms with van der Waals surface area (Å²) in [5.41, 5.74) is 6.26. The molecule has 2 aromatic carbocycles. The van der Waals surface area contributed by atoms with E-state index in [4.69, 9.17) is 11.6 Å². The third-order valence-electron chi connectivity index (χ3n) is 4.98. The highest BCUT2D eigenvalue weighted by Gasteiger charge is 2.16. The summed E-state index contributed by atoms with van der Waals surface area (Å²) in [7, 11) is 0. The van der Waals surface area contributed by atoms with Gasteiger partial charge in [0.15, 0.2) is 0 Å². The highest BCUT2D eigenvalue weighted by Crippen LogP contribution is 2.30. The molecule has 0 fully saturated rings. The first-order valence-electron chi connectivity index (χ1n) is 9.54. The molecule has 0 spiro atoms. The summed E-state index contributed by atoms with van der Waals surface area (Å²) in [6, 6.07) is 8.58. The van der Waals surface area contributed by atoms with Gasteiger partial charge in [0.2, 0.25) is 0 Å². The summed E-state index contributed by atoms with van der Waals surface area (Å²) >= 11 is 6.14. The highest BCUT2D eigenvalue weighted by atomic mass is 35.5. The molecule has 28 heavy (non-hydrogen) atoms. The lowest BCUT2D eigenvalue weighted by molar-refractivity contribution is 0.590. The van der Waals surface area contributed by atoms with E-state index in [0.717, 1.165) is 21.4 Å². The number of hydrogen-bond donors (Lipinski definition) is 2.